The van der Waals surface area contributed by atoms with E-state index >= 15 is 0 Å². The van der Waals surface area contributed by atoms with Crippen LogP contribution in [0.1, 0.15) is 48.2 Å². The molecule has 178 valence electrons. The van der Waals surface area contributed by atoms with Crippen LogP contribution in [0.3, 0.4) is 0 Å². The van der Waals surface area contributed by atoms with Gasteiger partial charge in [0.25, 0.3) is 5.91 Å². The Balaban J connectivity index is 1.66. The molecule has 2 aliphatic rings. The molecule has 2 heterocycles. The van der Waals surface area contributed by atoms with Crippen LogP contribution >= 0.6 is 0 Å². The molecule has 1 aliphatic heterocycles. The Morgan fingerprint density at radius 3 is 2.65 bits per heavy atom. The standard InChI is InChI=1S/C27H31N3O4/c1-18-15-30(19(2)17-31)27(33)23-13-21(10-9-20-7-5-4-6-8-20)14-28-25(23)34-24(18)16-29(3)26(32)22-11-12-22/h4-8,13-14,18-19,22,24,31H,11-12,15-17H2,1-3H3/t18-,19-,24+/m0/s1. The number of carbonyl (C=O) groups is 2. The maximum absolute atomic E-state index is 13.5. The lowest BCUT2D eigenvalue weighted by atomic mass is 9.99. The molecule has 4 rings (SSSR count). The third-order valence-corrected chi connectivity index (χ3v) is 6.40. The largest absolute Gasteiger partial charge is 0.472 e. The summed E-state index contributed by atoms with van der Waals surface area (Å²) in [4.78, 5) is 33.8. The van der Waals surface area contributed by atoms with Gasteiger partial charge in [0.2, 0.25) is 11.8 Å². The molecule has 1 aromatic heterocycles. The van der Waals surface area contributed by atoms with E-state index in [1.807, 2.05) is 44.2 Å². The van der Waals surface area contributed by atoms with Crippen LogP contribution < -0.4 is 4.74 Å². The molecule has 0 bridgehead atoms. The zero-order valence-electron chi connectivity index (χ0n) is 19.9. The van der Waals surface area contributed by atoms with E-state index in [0.29, 0.717) is 24.2 Å². The average molecular weight is 462 g/mol. The van der Waals surface area contributed by atoms with Crippen molar-refractivity contribution in [3.05, 3.63) is 59.3 Å². The molecular formula is C27H31N3O4. The van der Waals surface area contributed by atoms with Gasteiger partial charge in [0.1, 0.15) is 11.7 Å². The molecule has 0 radical (unpaired) electrons. The molecule has 1 saturated carbocycles. The van der Waals surface area contributed by atoms with Gasteiger partial charge in [-0.2, -0.15) is 0 Å². The van der Waals surface area contributed by atoms with Crippen LogP contribution in [0.5, 0.6) is 5.88 Å². The average Bonchev–Trinajstić information content (AvgIpc) is 3.70. The number of ether oxygens (including phenoxy) is 1. The number of carbonyl (C=O) groups excluding carboxylic acids is 2. The number of pyridine rings is 1. The maximum atomic E-state index is 13.5. The van der Waals surface area contributed by atoms with Crippen molar-refractivity contribution in [1.29, 1.82) is 0 Å². The first-order chi connectivity index (χ1) is 16.4. The molecule has 1 aliphatic carbocycles. The second kappa shape index (κ2) is 10.3. The highest BCUT2D eigenvalue weighted by Gasteiger charge is 2.37. The van der Waals surface area contributed by atoms with Gasteiger partial charge in [0.15, 0.2) is 0 Å². The minimum atomic E-state index is -0.369. The molecule has 1 aromatic carbocycles. The highest BCUT2D eigenvalue weighted by atomic mass is 16.5. The molecular weight excluding hydrogens is 430 g/mol. The number of fused-ring (bicyclic) bond motifs is 1. The zero-order chi connectivity index (χ0) is 24.2. The summed E-state index contributed by atoms with van der Waals surface area (Å²) in [5.41, 5.74) is 1.78. The summed E-state index contributed by atoms with van der Waals surface area (Å²) in [5, 5.41) is 9.80. The summed E-state index contributed by atoms with van der Waals surface area (Å²) in [6.07, 6.45) is 3.14. The Hall–Kier alpha value is -3.37. The predicted octanol–water partition coefficient (Wildman–Crippen LogP) is 2.57. The number of benzene rings is 1. The molecule has 0 spiro atoms. The normalized spacial score (nSPS) is 20.7. The van der Waals surface area contributed by atoms with Gasteiger partial charge in [-0.15, -0.1) is 0 Å². The number of amides is 2. The Labute approximate surface area is 200 Å². The number of rotatable bonds is 5. The van der Waals surface area contributed by atoms with E-state index in [2.05, 4.69) is 16.8 Å². The lowest BCUT2D eigenvalue weighted by Crippen LogP contribution is -2.50. The number of aliphatic hydroxyl groups excluding tert-OH is 1. The molecule has 0 unspecified atom stereocenters. The highest BCUT2D eigenvalue weighted by Crippen LogP contribution is 2.32. The van der Waals surface area contributed by atoms with Crippen molar-refractivity contribution in [1.82, 2.24) is 14.8 Å². The Morgan fingerprint density at radius 1 is 1.26 bits per heavy atom. The first-order valence-corrected chi connectivity index (χ1v) is 11.8. The predicted molar refractivity (Wildman–Crippen MR) is 128 cm³/mol. The van der Waals surface area contributed by atoms with E-state index in [1.54, 1.807) is 29.1 Å². The van der Waals surface area contributed by atoms with Crippen LogP contribution in [0.25, 0.3) is 0 Å². The van der Waals surface area contributed by atoms with Crippen LogP contribution in [0.4, 0.5) is 0 Å². The summed E-state index contributed by atoms with van der Waals surface area (Å²) in [6.45, 7) is 4.46. The van der Waals surface area contributed by atoms with Crippen LogP contribution in [0, 0.1) is 23.7 Å². The second-order valence-corrected chi connectivity index (χ2v) is 9.31. The van der Waals surface area contributed by atoms with Crippen LogP contribution in [-0.4, -0.2) is 70.6 Å². The summed E-state index contributed by atoms with van der Waals surface area (Å²) in [7, 11) is 1.80. The summed E-state index contributed by atoms with van der Waals surface area (Å²) < 4.78 is 6.26. The van der Waals surface area contributed by atoms with Crippen molar-refractivity contribution in [2.24, 2.45) is 11.8 Å². The van der Waals surface area contributed by atoms with Gasteiger partial charge in [-0.1, -0.05) is 37.0 Å². The number of hydrogen-bond donors (Lipinski definition) is 1. The fourth-order valence-electron chi connectivity index (χ4n) is 4.06. The number of likely N-dealkylation sites (N-methyl/N-ethyl adjacent to an activating group) is 1. The van der Waals surface area contributed by atoms with Gasteiger partial charge in [-0.25, -0.2) is 4.98 Å². The lowest BCUT2D eigenvalue weighted by molar-refractivity contribution is -0.132. The molecule has 1 N–H and O–H groups in total. The summed E-state index contributed by atoms with van der Waals surface area (Å²) in [6, 6.07) is 10.9. The first kappa shape index (κ1) is 23.8. The first-order valence-electron chi connectivity index (χ1n) is 11.8. The van der Waals surface area contributed by atoms with Crippen LogP contribution in [0.2, 0.25) is 0 Å². The SMILES string of the molecule is C[C@H]1CN([C@@H](C)CO)C(=O)c2cc(C#Cc3ccccc3)cnc2O[C@@H]1CN(C)C(=O)C1CC1. The van der Waals surface area contributed by atoms with Gasteiger partial charge in [-0.3, -0.25) is 9.59 Å². The minimum Gasteiger partial charge on any atom is -0.472 e. The van der Waals surface area contributed by atoms with Crippen molar-refractivity contribution in [2.45, 2.75) is 38.8 Å². The Kier molecular flexibility index (Phi) is 7.18. The fraction of sp³-hybridized carbons (Fsp3) is 0.444. The molecule has 7 heteroatoms. The minimum absolute atomic E-state index is 0.0695. The Morgan fingerprint density at radius 2 is 1.97 bits per heavy atom. The molecule has 2 amide bonds. The molecule has 0 saturated heterocycles. The van der Waals surface area contributed by atoms with E-state index in [0.717, 1.165) is 18.4 Å². The van der Waals surface area contributed by atoms with Crippen LogP contribution in [0.15, 0.2) is 42.6 Å². The topological polar surface area (TPSA) is 83.0 Å². The monoisotopic (exact) mass is 461 g/mol. The van der Waals surface area contributed by atoms with E-state index in [1.165, 1.54) is 0 Å². The molecule has 3 atom stereocenters. The number of aliphatic hydroxyl groups is 1. The van der Waals surface area contributed by atoms with Crippen molar-refractivity contribution in [3.8, 4) is 17.7 Å². The Bertz CT molecular complexity index is 1100. The van der Waals surface area contributed by atoms with E-state index < -0.39 is 0 Å². The fourth-order valence-corrected chi connectivity index (χ4v) is 4.06. The summed E-state index contributed by atoms with van der Waals surface area (Å²) in [5.74, 6) is 6.33. The van der Waals surface area contributed by atoms with Gasteiger partial charge in [0, 0.05) is 42.8 Å². The lowest BCUT2D eigenvalue weighted by Gasteiger charge is -2.37. The van der Waals surface area contributed by atoms with Gasteiger partial charge < -0.3 is 19.6 Å². The van der Waals surface area contributed by atoms with E-state index in [-0.39, 0.29) is 48.3 Å². The molecule has 7 nitrogen and oxygen atoms in total. The molecule has 1 fully saturated rings. The number of nitrogens with zero attached hydrogens (tertiary/aromatic N) is 3. The van der Waals surface area contributed by atoms with Crippen molar-refractivity contribution >= 4 is 11.8 Å². The zero-order valence-corrected chi connectivity index (χ0v) is 19.9. The van der Waals surface area contributed by atoms with Gasteiger partial charge >= 0.3 is 0 Å². The molecule has 34 heavy (non-hydrogen) atoms. The van der Waals surface area contributed by atoms with E-state index in [9.17, 15) is 14.7 Å². The second-order valence-electron chi connectivity index (χ2n) is 9.31. The molecule has 2 aromatic rings. The smallest absolute Gasteiger partial charge is 0.259 e. The van der Waals surface area contributed by atoms with Crippen molar-refractivity contribution < 1.29 is 19.4 Å². The number of hydrogen-bond acceptors (Lipinski definition) is 5. The van der Waals surface area contributed by atoms with Crippen molar-refractivity contribution in [3.63, 3.8) is 0 Å². The van der Waals surface area contributed by atoms with Gasteiger partial charge in [0.05, 0.1) is 19.2 Å². The quantitative estimate of drug-likeness (QED) is 0.692. The highest BCUT2D eigenvalue weighted by molar-refractivity contribution is 5.97. The number of aromatic nitrogens is 1. The van der Waals surface area contributed by atoms with Gasteiger partial charge in [-0.05, 0) is 38.0 Å². The van der Waals surface area contributed by atoms with Crippen molar-refractivity contribution in [2.75, 3.05) is 26.7 Å². The third kappa shape index (κ3) is 5.40. The third-order valence-electron chi connectivity index (χ3n) is 6.40. The van der Waals surface area contributed by atoms with Crippen LogP contribution in [-0.2, 0) is 4.79 Å². The summed E-state index contributed by atoms with van der Waals surface area (Å²) >= 11 is 0. The van der Waals surface area contributed by atoms with E-state index in [4.69, 9.17) is 4.74 Å². The maximum Gasteiger partial charge on any atom is 0.259 e.